The molecule has 1 aromatic carbocycles. The van der Waals surface area contributed by atoms with Crippen LogP contribution in [0.15, 0.2) is 12.1 Å². The molecule has 0 bridgehead atoms. The third kappa shape index (κ3) is 2.49. The molecule has 0 aliphatic heterocycles. The van der Waals surface area contributed by atoms with E-state index < -0.39 is 15.5 Å². The molecule has 0 saturated carbocycles. The van der Waals surface area contributed by atoms with E-state index in [9.17, 15) is 20.2 Å². The molecule has 0 spiro atoms. The first-order chi connectivity index (χ1) is 7.88. The average molecular weight is 239 g/mol. The fourth-order valence-corrected chi connectivity index (χ4v) is 1.53. The molecule has 1 atom stereocenters. The van der Waals surface area contributed by atoms with Crippen molar-refractivity contribution in [3.05, 3.63) is 37.9 Å². The SMILES string of the molecule is CCC(C)c1cc([N+](=O)[O-])cc([N+](=O)[O-])c1N. The van der Waals surface area contributed by atoms with Crippen molar-refractivity contribution in [3.8, 4) is 0 Å². The monoisotopic (exact) mass is 239 g/mol. The highest BCUT2D eigenvalue weighted by Crippen LogP contribution is 2.35. The van der Waals surface area contributed by atoms with Gasteiger partial charge in [0.25, 0.3) is 11.4 Å². The van der Waals surface area contributed by atoms with Crippen molar-refractivity contribution in [2.75, 3.05) is 5.73 Å². The number of non-ortho nitro benzene ring substituents is 1. The first-order valence-corrected chi connectivity index (χ1v) is 5.10. The van der Waals surface area contributed by atoms with Gasteiger partial charge in [0, 0.05) is 6.07 Å². The van der Waals surface area contributed by atoms with Crippen molar-refractivity contribution in [2.24, 2.45) is 0 Å². The van der Waals surface area contributed by atoms with Crippen LogP contribution in [0, 0.1) is 20.2 Å². The molecule has 0 aliphatic carbocycles. The smallest absolute Gasteiger partial charge is 0.299 e. The third-order valence-electron chi connectivity index (χ3n) is 2.73. The van der Waals surface area contributed by atoms with E-state index in [4.69, 9.17) is 5.73 Å². The molecule has 0 radical (unpaired) electrons. The van der Waals surface area contributed by atoms with Gasteiger partial charge in [-0.25, -0.2) is 0 Å². The lowest BCUT2D eigenvalue weighted by molar-refractivity contribution is -0.393. The van der Waals surface area contributed by atoms with Gasteiger partial charge in [-0.2, -0.15) is 0 Å². The van der Waals surface area contributed by atoms with E-state index in [1.54, 1.807) is 0 Å². The van der Waals surface area contributed by atoms with Gasteiger partial charge in [-0.1, -0.05) is 13.8 Å². The Morgan fingerprint density at radius 2 is 1.88 bits per heavy atom. The second-order valence-corrected chi connectivity index (χ2v) is 3.79. The largest absolute Gasteiger partial charge is 0.393 e. The molecule has 0 saturated heterocycles. The number of nitrogen functional groups attached to an aromatic ring is 1. The molecule has 7 nitrogen and oxygen atoms in total. The molecule has 92 valence electrons. The van der Waals surface area contributed by atoms with Crippen molar-refractivity contribution >= 4 is 17.1 Å². The number of nitro benzene ring substituents is 2. The number of hydrogen-bond acceptors (Lipinski definition) is 5. The highest BCUT2D eigenvalue weighted by Gasteiger charge is 2.23. The fourth-order valence-electron chi connectivity index (χ4n) is 1.53. The van der Waals surface area contributed by atoms with Crippen molar-refractivity contribution in [2.45, 2.75) is 26.2 Å². The number of nitrogens with zero attached hydrogens (tertiary/aromatic N) is 2. The van der Waals surface area contributed by atoms with Gasteiger partial charge in [0.1, 0.15) is 5.69 Å². The van der Waals surface area contributed by atoms with Crippen LogP contribution >= 0.6 is 0 Å². The summed E-state index contributed by atoms with van der Waals surface area (Å²) in [4.78, 5) is 20.1. The van der Waals surface area contributed by atoms with Crippen LogP contribution in [0.5, 0.6) is 0 Å². The second kappa shape index (κ2) is 4.77. The second-order valence-electron chi connectivity index (χ2n) is 3.79. The molecule has 17 heavy (non-hydrogen) atoms. The first-order valence-electron chi connectivity index (χ1n) is 5.10. The molecule has 0 aromatic heterocycles. The van der Waals surface area contributed by atoms with E-state index in [1.165, 1.54) is 6.07 Å². The summed E-state index contributed by atoms with van der Waals surface area (Å²) in [6.07, 6.45) is 0.697. The molecule has 0 heterocycles. The molecular formula is C10H13N3O4. The van der Waals surface area contributed by atoms with E-state index >= 15 is 0 Å². The van der Waals surface area contributed by atoms with Crippen molar-refractivity contribution in [1.29, 1.82) is 0 Å². The maximum Gasteiger partial charge on any atom is 0.299 e. The van der Waals surface area contributed by atoms with Crippen LogP contribution in [-0.4, -0.2) is 9.85 Å². The molecule has 1 rings (SSSR count). The molecule has 1 aromatic rings. The predicted molar refractivity (Wildman–Crippen MR) is 62.9 cm³/mol. The van der Waals surface area contributed by atoms with Crippen molar-refractivity contribution in [1.82, 2.24) is 0 Å². The lowest BCUT2D eigenvalue weighted by atomic mass is 9.95. The van der Waals surface area contributed by atoms with Gasteiger partial charge in [0.05, 0.1) is 15.9 Å². The van der Waals surface area contributed by atoms with Gasteiger partial charge < -0.3 is 5.73 Å². The summed E-state index contributed by atoms with van der Waals surface area (Å²) in [6, 6.07) is 2.19. The number of nitrogens with two attached hydrogens (primary N) is 1. The predicted octanol–water partition coefficient (Wildman–Crippen LogP) is 2.60. The number of rotatable bonds is 4. The van der Waals surface area contributed by atoms with Crippen LogP contribution in [0.4, 0.5) is 17.1 Å². The van der Waals surface area contributed by atoms with E-state index in [1.807, 2.05) is 13.8 Å². The molecule has 2 N–H and O–H groups in total. The standard InChI is InChI=1S/C10H13N3O4/c1-3-6(2)8-4-7(12(14)15)5-9(10(8)11)13(16)17/h4-6H,3,11H2,1-2H3. The summed E-state index contributed by atoms with van der Waals surface area (Å²) >= 11 is 0. The fraction of sp³-hybridized carbons (Fsp3) is 0.400. The van der Waals surface area contributed by atoms with Crippen LogP contribution in [-0.2, 0) is 0 Å². The zero-order valence-corrected chi connectivity index (χ0v) is 9.54. The van der Waals surface area contributed by atoms with Crippen molar-refractivity contribution in [3.63, 3.8) is 0 Å². The minimum atomic E-state index is -0.700. The summed E-state index contributed by atoms with van der Waals surface area (Å²) in [5, 5.41) is 21.5. The van der Waals surface area contributed by atoms with Crippen LogP contribution in [0.1, 0.15) is 31.7 Å². The van der Waals surface area contributed by atoms with E-state index in [-0.39, 0.29) is 17.3 Å². The highest BCUT2D eigenvalue weighted by atomic mass is 16.6. The maximum absolute atomic E-state index is 10.8. The number of benzene rings is 1. The van der Waals surface area contributed by atoms with Crippen LogP contribution in [0.3, 0.4) is 0 Å². The van der Waals surface area contributed by atoms with E-state index in [0.717, 1.165) is 6.07 Å². The minimum Gasteiger partial charge on any atom is -0.393 e. The number of hydrogen-bond donors (Lipinski definition) is 1. The molecular weight excluding hydrogens is 226 g/mol. The number of anilines is 1. The minimum absolute atomic E-state index is 0.00921. The summed E-state index contributed by atoms with van der Waals surface area (Å²) in [7, 11) is 0. The van der Waals surface area contributed by atoms with Gasteiger partial charge in [-0.15, -0.1) is 0 Å². The summed E-state index contributed by atoms with van der Waals surface area (Å²) in [5.74, 6) is -0.0615. The van der Waals surface area contributed by atoms with Gasteiger partial charge in [-0.05, 0) is 17.9 Å². The Hall–Kier alpha value is -2.18. The zero-order valence-electron chi connectivity index (χ0n) is 9.54. The normalized spacial score (nSPS) is 12.1. The Bertz CT molecular complexity index is 473. The van der Waals surface area contributed by atoms with Gasteiger partial charge in [0.15, 0.2) is 0 Å². The van der Waals surface area contributed by atoms with E-state index in [0.29, 0.717) is 12.0 Å². The zero-order chi connectivity index (χ0) is 13.2. The maximum atomic E-state index is 10.8. The average Bonchev–Trinajstić information content (AvgIpc) is 2.27. The molecule has 1 unspecified atom stereocenters. The lowest BCUT2D eigenvalue weighted by Gasteiger charge is -2.11. The molecule has 0 fully saturated rings. The lowest BCUT2D eigenvalue weighted by Crippen LogP contribution is -2.04. The van der Waals surface area contributed by atoms with E-state index in [2.05, 4.69) is 0 Å². The molecule has 0 amide bonds. The Kier molecular flexibility index (Phi) is 3.62. The highest BCUT2D eigenvalue weighted by molar-refractivity contribution is 5.68. The summed E-state index contributed by atoms with van der Waals surface area (Å²) in [6.45, 7) is 3.70. The third-order valence-corrected chi connectivity index (χ3v) is 2.73. The Morgan fingerprint density at radius 1 is 1.29 bits per heavy atom. The quantitative estimate of drug-likeness (QED) is 0.493. The van der Waals surface area contributed by atoms with Gasteiger partial charge in [0.2, 0.25) is 0 Å². The Morgan fingerprint density at radius 3 is 2.29 bits per heavy atom. The summed E-state index contributed by atoms with van der Waals surface area (Å²) in [5.41, 5.74) is 5.41. The molecule has 0 aliphatic rings. The first kappa shape index (κ1) is 12.9. The van der Waals surface area contributed by atoms with Crippen LogP contribution < -0.4 is 5.73 Å². The number of nitro groups is 2. The Balaban J connectivity index is 3.48. The summed E-state index contributed by atoms with van der Waals surface area (Å²) < 4.78 is 0. The Labute approximate surface area is 97.5 Å². The molecule has 7 heteroatoms. The van der Waals surface area contributed by atoms with Crippen LogP contribution in [0.2, 0.25) is 0 Å². The topological polar surface area (TPSA) is 112 Å². The van der Waals surface area contributed by atoms with Gasteiger partial charge >= 0.3 is 0 Å². The van der Waals surface area contributed by atoms with Crippen molar-refractivity contribution < 1.29 is 9.85 Å². The van der Waals surface area contributed by atoms with Gasteiger partial charge in [-0.3, -0.25) is 20.2 Å². The van der Waals surface area contributed by atoms with Crippen LogP contribution in [0.25, 0.3) is 0 Å².